The van der Waals surface area contributed by atoms with Gasteiger partial charge in [0, 0.05) is 12.5 Å². The number of aromatic hydroxyl groups is 1. The third-order valence-corrected chi connectivity index (χ3v) is 4.60. The summed E-state index contributed by atoms with van der Waals surface area (Å²) >= 11 is 0. The Morgan fingerprint density at radius 3 is 2.78 bits per heavy atom. The Bertz CT molecular complexity index is 865. The van der Waals surface area contributed by atoms with Gasteiger partial charge >= 0.3 is 11.6 Å². The average molecular weight is 318 g/mol. The highest BCUT2D eigenvalue weighted by Crippen LogP contribution is 2.46. The van der Waals surface area contributed by atoms with E-state index < -0.39 is 17.0 Å². The SMILES string of the molecule is CC(=O)OCC1(C)c2c(c3c(C)c(O)ccc3oc2=O)OC1C. The van der Waals surface area contributed by atoms with Crippen molar-refractivity contribution >= 4 is 16.9 Å². The lowest BCUT2D eigenvalue weighted by Crippen LogP contribution is -2.40. The smallest absolute Gasteiger partial charge is 0.344 e. The third-order valence-electron chi connectivity index (χ3n) is 4.60. The van der Waals surface area contributed by atoms with Crippen LogP contribution in [-0.2, 0) is 14.9 Å². The maximum absolute atomic E-state index is 12.5. The number of carbonyl (C=O) groups is 1. The first-order chi connectivity index (χ1) is 10.8. The number of esters is 1. The minimum atomic E-state index is -0.812. The maximum Gasteiger partial charge on any atom is 0.344 e. The lowest BCUT2D eigenvalue weighted by atomic mass is 9.80. The summed E-state index contributed by atoms with van der Waals surface area (Å²) < 4.78 is 16.5. The van der Waals surface area contributed by atoms with Gasteiger partial charge in [0.1, 0.15) is 29.8 Å². The number of carbonyl (C=O) groups excluding carboxylic acids is 1. The van der Waals surface area contributed by atoms with E-state index in [-0.39, 0.29) is 18.5 Å². The molecule has 1 aromatic carbocycles. The summed E-state index contributed by atoms with van der Waals surface area (Å²) in [7, 11) is 0. The monoisotopic (exact) mass is 318 g/mol. The molecule has 23 heavy (non-hydrogen) atoms. The Morgan fingerprint density at radius 2 is 2.13 bits per heavy atom. The number of hydrogen-bond acceptors (Lipinski definition) is 6. The largest absolute Gasteiger partial charge is 0.508 e. The zero-order valence-electron chi connectivity index (χ0n) is 13.4. The molecular weight excluding hydrogens is 300 g/mol. The highest BCUT2D eigenvalue weighted by molar-refractivity contribution is 5.90. The summed E-state index contributed by atoms with van der Waals surface area (Å²) in [5, 5.41) is 10.5. The molecule has 0 aliphatic carbocycles. The number of phenols is 1. The van der Waals surface area contributed by atoms with Crippen LogP contribution in [0.3, 0.4) is 0 Å². The predicted molar refractivity (Wildman–Crippen MR) is 83.0 cm³/mol. The minimum Gasteiger partial charge on any atom is -0.508 e. The third kappa shape index (κ3) is 2.17. The summed E-state index contributed by atoms with van der Waals surface area (Å²) in [5.74, 6) is 0.0658. The zero-order valence-corrected chi connectivity index (χ0v) is 13.4. The van der Waals surface area contributed by atoms with E-state index in [9.17, 15) is 14.7 Å². The molecule has 0 amide bonds. The van der Waals surface area contributed by atoms with Crippen LogP contribution < -0.4 is 10.4 Å². The number of benzene rings is 1. The lowest BCUT2D eigenvalue weighted by Gasteiger charge is -2.26. The van der Waals surface area contributed by atoms with Crippen LogP contribution in [0.4, 0.5) is 0 Å². The van der Waals surface area contributed by atoms with Gasteiger partial charge in [-0.3, -0.25) is 4.79 Å². The molecule has 1 N–H and O–H groups in total. The predicted octanol–water partition coefficient (Wildman–Crippen LogP) is 2.41. The second kappa shape index (κ2) is 5.01. The second-order valence-corrected chi connectivity index (χ2v) is 6.13. The molecule has 3 rings (SSSR count). The van der Waals surface area contributed by atoms with Crippen LogP contribution in [0.2, 0.25) is 0 Å². The van der Waals surface area contributed by atoms with Crippen LogP contribution >= 0.6 is 0 Å². The van der Waals surface area contributed by atoms with Crippen molar-refractivity contribution in [3.63, 3.8) is 0 Å². The van der Waals surface area contributed by atoms with Crippen LogP contribution in [0.25, 0.3) is 11.0 Å². The van der Waals surface area contributed by atoms with Crippen molar-refractivity contribution in [1.29, 1.82) is 0 Å². The van der Waals surface area contributed by atoms with Gasteiger partial charge in [-0.2, -0.15) is 0 Å². The van der Waals surface area contributed by atoms with Crippen LogP contribution in [0.1, 0.15) is 31.9 Å². The van der Waals surface area contributed by atoms with Gasteiger partial charge in [-0.1, -0.05) is 0 Å². The van der Waals surface area contributed by atoms with Crippen molar-refractivity contribution in [1.82, 2.24) is 0 Å². The molecule has 0 spiro atoms. The molecule has 2 atom stereocenters. The Kier molecular flexibility index (Phi) is 3.35. The molecule has 1 aliphatic heterocycles. The van der Waals surface area contributed by atoms with E-state index >= 15 is 0 Å². The molecule has 2 unspecified atom stereocenters. The Hall–Kier alpha value is -2.50. The van der Waals surface area contributed by atoms with Gasteiger partial charge < -0.3 is 19.0 Å². The van der Waals surface area contributed by atoms with Crippen molar-refractivity contribution in [2.24, 2.45) is 0 Å². The first-order valence-corrected chi connectivity index (χ1v) is 7.35. The summed E-state index contributed by atoms with van der Waals surface area (Å²) in [6.07, 6.45) is -0.382. The van der Waals surface area contributed by atoms with E-state index in [4.69, 9.17) is 13.9 Å². The quantitative estimate of drug-likeness (QED) is 0.676. The molecule has 122 valence electrons. The fourth-order valence-corrected chi connectivity index (χ4v) is 2.97. The molecule has 1 aromatic heterocycles. The number of fused-ring (bicyclic) bond motifs is 3. The molecule has 0 radical (unpaired) electrons. The number of aryl methyl sites for hydroxylation is 1. The van der Waals surface area contributed by atoms with E-state index in [1.54, 1.807) is 13.8 Å². The fraction of sp³-hybridized carbons (Fsp3) is 0.412. The molecule has 0 fully saturated rings. The van der Waals surface area contributed by atoms with Gasteiger partial charge in [-0.15, -0.1) is 0 Å². The average Bonchev–Trinajstić information content (AvgIpc) is 2.74. The molecule has 0 saturated carbocycles. The van der Waals surface area contributed by atoms with Gasteiger partial charge in [0.25, 0.3) is 0 Å². The van der Waals surface area contributed by atoms with Crippen molar-refractivity contribution < 1.29 is 23.8 Å². The van der Waals surface area contributed by atoms with E-state index in [1.165, 1.54) is 19.1 Å². The standard InChI is InChI=1S/C17H18O6/c1-8-11(19)5-6-12-13(8)15-14(16(20)23-12)17(4,9(2)22-15)7-21-10(3)18/h5-6,9,19H,7H2,1-4H3. The summed E-state index contributed by atoms with van der Waals surface area (Å²) in [6.45, 7) is 6.67. The van der Waals surface area contributed by atoms with Crippen molar-refractivity contribution in [2.45, 2.75) is 39.2 Å². The Balaban J connectivity index is 2.29. The lowest BCUT2D eigenvalue weighted by molar-refractivity contribution is -0.143. The van der Waals surface area contributed by atoms with Crippen molar-refractivity contribution in [3.8, 4) is 11.5 Å². The van der Waals surface area contributed by atoms with Gasteiger partial charge in [0.05, 0.1) is 16.4 Å². The topological polar surface area (TPSA) is 86.0 Å². The highest BCUT2D eigenvalue weighted by Gasteiger charge is 2.48. The Morgan fingerprint density at radius 1 is 1.43 bits per heavy atom. The molecular formula is C17H18O6. The summed E-state index contributed by atoms with van der Waals surface area (Å²) in [4.78, 5) is 23.6. The first-order valence-electron chi connectivity index (χ1n) is 7.35. The normalized spacial score (nSPS) is 22.7. The van der Waals surface area contributed by atoms with Crippen LogP contribution in [0, 0.1) is 6.92 Å². The molecule has 6 heteroatoms. The first kappa shape index (κ1) is 15.4. The molecule has 0 saturated heterocycles. The number of rotatable bonds is 2. The Labute approximate surface area is 132 Å². The highest BCUT2D eigenvalue weighted by atomic mass is 16.5. The van der Waals surface area contributed by atoms with Gasteiger partial charge in [0.15, 0.2) is 0 Å². The van der Waals surface area contributed by atoms with Crippen molar-refractivity contribution in [3.05, 3.63) is 33.7 Å². The van der Waals surface area contributed by atoms with E-state index in [2.05, 4.69) is 0 Å². The molecule has 6 nitrogen and oxygen atoms in total. The molecule has 2 heterocycles. The minimum absolute atomic E-state index is 0.0185. The van der Waals surface area contributed by atoms with Crippen LogP contribution in [-0.4, -0.2) is 23.8 Å². The van der Waals surface area contributed by atoms with E-state index in [0.717, 1.165) is 0 Å². The number of hydrogen-bond donors (Lipinski definition) is 1. The van der Waals surface area contributed by atoms with Crippen LogP contribution in [0.5, 0.6) is 11.5 Å². The second-order valence-electron chi connectivity index (χ2n) is 6.13. The molecule has 1 aliphatic rings. The number of ether oxygens (including phenoxy) is 2. The van der Waals surface area contributed by atoms with Gasteiger partial charge in [-0.05, 0) is 32.9 Å². The van der Waals surface area contributed by atoms with Crippen LogP contribution in [0.15, 0.2) is 21.3 Å². The van der Waals surface area contributed by atoms with Gasteiger partial charge in [-0.25, -0.2) is 4.79 Å². The van der Waals surface area contributed by atoms with E-state index in [1.807, 2.05) is 6.92 Å². The van der Waals surface area contributed by atoms with Gasteiger partial charge in [0.2, 0.25) is 0 Å². The number of phenolic OH excluding ortho intramolecular Hbond substituents is 1. The summed E-state index contributed by atoms with van der Waals surface area (Å²) in [6, 6.07) is 3.01. The van der Waals surface area contributed by atoms with E-state index in [0.29, 0.717) is 27.8 Å². The molecule has 2 aromatic rings. The molecule has 0 bridgehead atoms. The summed E-state index contributed by atoms with van der Waals surface area (Å²) in [5.41, 5.74) is -0.0586. The maximum atomic E-state index is 12.5. The fourth-order valence-electron chi connectivity index (χ4n) is 2.97. The zero-order chi connectivity index (χ0) is 16.9. The van der Waals surface area contributed by atoms with Crippen molar-refractivity contribution in [2.75, 3.05) is 6.61 Å².